The van der Waals surface area contributed by atoms with Crippen LogP contribution in [0.4, 0.5) is 0 Å². The predicted molar refractivity (Wildman–Crippen MR) is 43.9 cm³/mol. The second-order valence-corrected chi connectivity index (χ2v) is 2.35. The molecule has 0 aliphatic carbocycles. The highest BCUT2D eigenvalue weighted by Crippen LogP contribution is 2.17. The van der Waals surface area contributed by atoms with Gasteiger partial charge in [-0.3, -0.25) is 4.40 Å². The highest BCUT2D eigenvalue weighted by Gasteiger charge is 2.07. The normalized spacial score (nSPS) is 10.3. The molecule has 0 saturated heterocycles. The van der Waals surface area contributed by atoms with E-state index in [1.54, 1.807) is 16.9 Å². The van der Waals surface area contributed by atoms with Crippen LogP contribution in [0, 0.1) is 0 Å². The van der Waals surface area contributed by atoms with Crippen LogP contribution in [-0.4, -0.2) is 33.8 Å². The van der Waals surface area contributed by atoms with Crippen molar-refractivity contribution < 1.29 is 9.47 Å². The smallest absolute Gasteiger partial charge is 0.263 e. The summed E-state index contributed by atoms with van der Waals surface area (Å²) in [7, 11) is 3.06. The number of nitrogens with zero attached hydrogens (tertiary/aromatic N) is 4. The van der Waals surface area contributed by atoms with Gasteiger partial charge in [0.1, 0.15) is 6.33 Å². The largest absolute Gasteiger partial charge is 0.480 e. The molecular formula is C7H8N4O2. The standard InChI is InChI=1S/C7H8N4O2/c1-12-5-3-11-4-8-10-6(11)7(9-5)13-2/h3-4H,1-2H3. The fraction of sp³-hybridized carbons (Fsp3) is 0.286. The highest BCUT2D eigenvalue weighted by atomic mass is 16.5. The molecule has 2 aromatic heterocycles. The van der Waals surface area contributed by atoms with E-state index in [1.165, 1.54) is 14.2 Å². The maximum absolute atomic E-state index is 5.01. The van der Waals surface area contributed by atoms with Crippen molar-refractivity contribution in [1.82, 2.24) is 19.6 Å². The Bertz CT molecular complexity index is 425. The van der Waals surface area contributed by atoms with E-state index in [0.717, 1.165) is 0 Å². The molecule has 0 atom stereocenters. The zero-order valence-corrected chi connectivity index (χ0v) is 7.26. The van der Waals surface area contributed by atoms with Crippen LogP contribution in [0.5, 0.6) is 11.8 Å². The molecule has 0 aliphatic heterocycles. The molecule has 0 saturated carbocycles. The van der Waals surface area contributed by atoms with Crippen molar-refractivity contribution in [3.8, 4) is 11.8 Å². The number of hydrogen-bond acceptors (Lipinski definition) is 5. The average molecular weight is 180 g/mol. The summed E-state index contributed by atoms with van der Waals surface area (Å²) < 4.78 is 11.7. The Morgan fingerprint density at radius 1 is 1.31 bits per heavy atom. The Balaban J connectivity index is 2.70. The molecule has 0 unspecified atom stereocenters. The van der Waals surface area contributed by atoms with Crippen molar-refractivity contribution in [3.63, 3.8) is 0 Å². The van der Waals surface area contributed by atoms with Gasteiger partial charge in [-0.2, -0.15) is 4.98 Å². The van der Waals surface area contributed by atoms with Gasteiger partial charge in [-0.15, -0.1) is 10.2 Å². The molecule has 6 nitrogen and oxygen atoms in total. The number of rotatable bonds is 2. The molecule has 0 fully saturated rings. The van der Waals surface area contributed by atoms with Gasteiger partial charge in [0.25, 0.3) is 5.88 Å². The first-order valence-electron chi connectivity index (χ1n) is 3.63. The number of aromatic nitrogens is 4. The first kappa shape index (κ1) is 7.78. The van der Waals surface area contributed by atoms with Crippen LogP contribution in [-0.2, 0) is 0 Å². The zero-order valence-electron chi connectivity index (χ0n) is 7.26. The summed E-state index contributed by atoms with van der Waals surface area (Å²) in [5.41, 5.74) is 0.572. The second-order valence-electron chi connectivity index (χ2n) is 2.35. The van der Waals surface area contributed by atoms with Gasteiger partial charge in [0.2, 0.25) is 11.5 Å². The first-order chi connectivity index (χ1) is 6.35. The van der Waals surface area contributed by atoms with Gasteiger partial charge in [-0.25, -0.2) is 0 Å². The summed E-state index contributed by atoms with van der Waals surface area (Å²) in [6, 6.07) is 0. The molecule has 13 heavy (non-hydrogen) atoms. The van der Waals surface area contributed by atoms with Crippen molar-refractivity contribution in [3.05, 3.63) is 12.5 Å². The van der Waals surface area contributed by atoms with E-state index < -0.39 is 0 Å². The van der Waals surface area contributed by atoms with Gasteiger partial charge in [-0.05, 0) is 0 Å². The quantitative estimate of drug-likeness (QED) is 0.657. The van der Waals surface area contributed by atoms with Crippen LogP contribution in [0.1, 0.15) is 0 Å². The molecule has 2 heterocycles. The van der Waals surface area contributed by atoms with Gasteiger partial charge in [0.15, 0.2) is 0 Å². The third-order valence-electron chi connectivity index (χ3n) is 1.63. The zero-order chi connectivity index (χ0) is 9.26. The van der Waals surface area contributed by atoms with Crippen molar-refractivity contribution >= 4 is 5.65 Å². The number of fused-ring (bicyclic) bond motifs is 1. The van der Waals surface area contributed by atoms with Crippen molar-refractivity contribution in [1.29, 1.82) is 0 Å². The summed E-state index contributed by atoms with van der Waals surface area (Å²) in [4.78, 5) is 4.04. The molecular weight excluding hydrogens is 172 g/mol. The summed E-state index contributed by atoms with van der Waals surface area (Å²) in [6.45, 7) is 0. The maximum atomic E-state index is 5.01. The Morgan fingerprint density at radius 3 is 2.85 bits per heavy atom. The summed E-state index contributed by atoms with van der Waals surface area (Å²) in [5.74, 6) is 0.862. The molecule has 2 rings (SSSR count). The summed E-state index contributed by atoms with van der Waals surface area (Å²) in [6.07, 6.45) is 3.24. The molecule has 0 aromatic carbocycles. The minimum absolute atomic E-state index is 0.400. The molecule has 0 aliphatic rings. The van der Waals surface area contributed by atoms with Crippen LogP contribution < -0.4 is 9.47 Å². The van der Waals surface area contributed by atoms with Gasteiger partial charge >= 0.3 is 0 Å². The molecule has 68 valence electrons. The molecule has 0 radical (unpaired) electrons. The van der Waals surface area contributed by atoms with Crippen LogP contribution in [0.3, 0.4) is 0 Å². The minimum atomic E-state index is 0.400. The van der Waals surface area contributed by atoms with Gasteiger partial charge < -0.3 is 9.47 Å². The third kappa shape index (κ3) is 1.16. The number of ether oxygens (including phenoxy) is 2. The Morgan fingerprint density at radius 2 is 2.15 bits per heavy atom. The molecule has 0 bridgehead atoms. The second kappa shape index (κ2) is 2.89. The Kier molecular flexibility index (Phi) is 1.73. The van der Waals surface area contributed by atoms with Gasteiger partial charge in [-0.1, -0.05) is 0 Å². The van der Waals surface area contributed by atoms with Crippen LogP contribution in [0.15, 0.2) is 12.5 Å². The maximum Gasteiger partial charge on any atom is 0.263 e. The van der Waals surface area contributed by atoms with Crippen molar-refractivity contribution in [2.75, 3.05) is 14.2 Å². The van der Waals surface area contributed by atoms with Crippen molar-refractivity contribution in [2.45, 2.75) is 0 Å². The fourth-order valence-corrected chi connectivity index (χ4v) is 1.02. The van der Waals surface area contributed by atoms with Crippen LogP contribution in [0.2, 0.25) is 0 Å². The summed E-state index contributed by atoms with van der Waals surface area (Å²) in [5, 5.41) is 7.56. The first-order valence-corrected chi connectivity index (χ1v) is 3.63. The lowest BCUT2D eigenvalue weighted by atomic mass is 10.6. The monoisotopic (exact) mass is 180 g/mol. The molecule has 2 aromatic rings. The lowest BCUT2D eigenvalue weighted by molar-refractivity contribution is 0.363. The van der Waals surface area contributed by atoms with Crippen LogP contribution >= 0.6 is 0 Å². The fourth-order valence-electron chi connectivity index (χ4n) is 1.02. The number of hydrogen-bond donors (Lipinski definition) is 0. The lowest BCUT2D eigenvalue weighted by Gasteiger charge is -2.03. The Labute approximate surface area is 74.1 Å². The number of methoxy groups -OCH3 is 2. The molecule has 0 N–H and O–H groups in total. The van der Waals surface area contributed by atoms with E-state index in [4.69, 9.17) is 9.47 Å². The van der Waals surface area contributed by atoms with E-state index in [2.05, 4.69) is 15.2 Å². The van der Waals surface area contributed by atoms with Gasteiger partial charge in [0.05, 0.1) is 20.4 Å². The SMILES string of the molecule is COc1cn2cnnc2c(OC)n1. The molecule has 6 heteroatoms. The Hall–Kier alpha value is -1.85. The predicted octanol–water partition coefficient (Wildman–Crippen LogP) is 0.141. The topological polar surface area (TPSA) is 61.5 Å². The third-order valence-corrected chi connectivity index (χ3v) is 1.63. The molecule has 0 amide bonds. The average Bonchev–Trinajstić information content (AvgIpc) is 2.63. The minimum Gasteiger partial charge on any atom is -0.480 e. The summed E-state index contributed by atoms with van der Waals surface area (Å²) >= 11 is 0. The van der Waals surface area contributed by atoms with E-state index in [1.807, 2.05) is 0 Å². The van der Waals surface area contributed by atoms with E-state index >= 15 is 0 Å². The van der Waals surface area contributed by atoms with Crippen molar-refractivity contribution in [2.24, 2.45) is 0 Å². The van der Waals surface area contributed by atoms with E-state index in [9.17, 15) is 0 Å². The van der Waals surface area contributed by atoms with Crippen LogP contribution in [0.25, 0.3) is 5.65 Å². The van der Waals surface area contributed by atoms with E-state index in [-0.39, 0.29) is 0 Å². The lowest BCUT2D eigenvalue weighted by Crippen LogP contribution is -1.97. The van der Waals surface area contributed by atoms with Gasteiger partial charge in [0, 0.05) is 0 Å². The van der Waals surface area contributed by atoms with E-state index in [0.29, 0.717) is 17.4 Å². The highest BCUT2D eigenvalue weighted by molar-refractivity contribution is 5.48. The molecule has 0 spiro atoms.